The number of benzene rings is 1. The molecular formula is C18H21N5O. The fourth-order valence-corrected chi connectivity index (χ4v) is 3.50. The number of aromatic amines is 1. The van der Waals surface area contributed by atoms with E-state index >= 15 is 0 Å². The van der Waals surface area contributed by atoms with Crippen LogP contribution in [0.4, 0.5) is 0 Å². The molecule has 24 heavy (non-hydrogen) atoms. The summed E-state index contributed by atoms with van der Waals surface area (Å²) in [5.74, 6) is 1.09. The lowest BCUT2D eigenvalue weighted by Crippen LogP contribution is -2.31. The summed E-state index contributed by atoms with van der Waals surface area (Å²) in [6, 6.07) is 8.09. The van der Waals surface area contributed by atoms with Gasteiger partial charge >= 0.3 is 0 Å². The monoisotopic (exact) mass is 323 g/mol. The number of imidazole rings is 2. The summed E-state index contributed by atoms with van der Waals surface area (Å²) in [7, 11) is 0. The van der Waals surface area contributed by atoms with E-state index in [2.05, 4.69) is 19.5 Å². The van der Waals surface area contributed by atoms with Crippen LogP contribution in [-0.4, -0.2) is 36.9 Å². The van der Waals surface area contributed by atoms with Gasteiger partial charge in [-0.25, -0.2) is 9.97 Å². The van der Waals surface area contributed by atoms with Crippen molar-refractivity contribution < 1.29 is 4.79 Å². The Labute approximate surface area is 140 Å². The minimum atomic E-state index is 0.0886. The van der Waals surface area contributed by atoms with Crippen molar-refractivity contribution in [2.75, 3.05) is 6.54 Å². The van der Waals surface area contributed by atoms with Crippen molar-refractivity contribution in [3.8, 4) is 0 Å². The number of aryl methyl sites for hydroxylation is 2. The third-order valence-corrected chi connectivity index (χ3v) is 4.71. The van der Waals surface area contributed by atoms with Crippen molar-refractivity contribution in [3.63, 3.8) is 0 Å². The predicted molar refractivity (Wildman–Crippen MR) is 91.4 cm³/mol. The minimum Gasteiger partial charge on any atom is -0.344 e. The van der Waals surface area contributed by atoms with Crippen molar-refractivity contribution in [2.24, 2.45) is 0 Å². The molecule has 1 atom stereocenters. The summed E-state index contributed by atoms with van der Waals surface area (Å²) in [6.45, 7) is 3.45. The van der Waals surface area contributed by atoms with Crippen molar-refractivity contribution in [1.82, 2.24) is 24.4 Å². The van der Waals surface area contributed by atoms with Gasteiger partial charge in [-0.3, -0.25) is 4.79 Å². The number of H-pyrrole nitrogens is 1. The molecule has 1 fully saturated rings. The molecule has 0 radical (unpaired) electrons. The Morgan fingerprint density at radius 3 is 3.04 bits per heavy atom. The number of nitrogens with zero attached hydrogens (tertiary/aromatic N) is 4. The van der Waals surface area contributed by atoms with E-state index in [4.69, 9.17) is 0 Å². The van der Waals surface area contributed by atoms with Crippen LogP contribution in [0.5, 0.6) is 0 Å². The molecule has 0 bridgehead atoms. The van der Waals surface area contributed by atoms with Gasteiger partial charge < -0.3 is 14.5 Å². The average Bonchev–Trinajstić information content (AvgIpc) is 3.31. The highest BCUT2D eigenvalue weighted by molar-refractivity contribution is 5.78. The molecule has 124 valence electrons. The summed E-state index contributed by atoms with van der Waals surface area (Å²) >= 11 is 0. The van der Waals surface area contributed by atoms with Gasteiger partial charge in [0.2, 0.25) is 5.91 Å². The first-order valence-electron chi connectivity index (χ1n) is 8.43. The van der Waals surface area contributed by atoms with Gasteiger partial charge in [-0.05, 0) is 31.9 Å². The lowest BCUT2D eigenvalue weighted by Gasteiger charge is -2.23. The van der Waals surface area contributed by atoms with Gasteiger partial charge in [0.25, 0.3) is 0 Å². The molecule has 1 amide bonds. The lowest BCUT2D eigenvalue weighted by atomic mass is 10.2. The molecule has 1 aliphatic heterocycles. The third kappa shape index (κ3) is 2.68. The van der Waals surface area contributed by atoms with Gasteiger partial charge in [-0.1, -0.05) is 12.1 Å². The van der Waals surface area contributed by atoms with E-state index in [1.807, 2.05) is 48.6 Å². The number of rotatable bonds is 4. The van der Waals surface area contributed by atoms with Crippen molar-refractivity contribution >= 4 is 16.9 Å². The number of nitrogens with one attached hydrogen (secondary N) is 1. The van der Waals surface area contributed by atoms with Crippen LogP contribution < -0.4 is 0 Å². The summed E-state index contributed by atoms with van der Waals surface area (Å²) in [4.78, 5) is 26.8. The van der Waals surface area contributed by atoms with E-state index in [1.165, 1.54) is 0 Å². The fraction of sp³-hybridized carbons (Fsp3) is 0.389. The van der Waals surface area contributed by atoms with E-state index in [0.717, 1.165) is 41.9 Å². The predicted octanol–water partition coefficient (Wildman–Crippen LogP) is 2.82. The standard InChI is InChI=1S/C18H21N5O/c1-13-11-19-18(21-13)16-7-4-9-23(16)17(24)8-10-22-12-20-14-5-2-3-6-15(14)22/h2-3,5-6,11-12,16H,4,7-10H2,1H3,(H,19,21). The van der Waals surface area contributed by atoms with Gasteiger partial charge in [0.15, 0.2) is 0 Å². The molecule has 1 aromatic carbocycles. The first-order valence-corrected chi connectivity index (χ1v) is 8.43. The maximum atomic E-state index is 12.7. The normalized spacial score (nSPS) is 17.7. The largest absolute Gasteiger partial charge is 0.344 e. The Bertz CT molecular complexity index is 865. The number of likely N-dealkylation sites (tertiary alicyclic amines) is 1. The van der Waals surface area contributed by atoms with Crippen LogP contribution in [0, 0.1) is 6.92 Å². The first-order chi connectivity index (χ1) is 11.7. The topological polar surface area (TPSA) is 66.8 Å². The lowest BCUT2D eigenvalue weighted by molar-refractivity contribution is -0.132. The van der Waals surface area contributed by atoms with Crippen LogP contribution in [0.15, 0.2) is 36.8 Å². The second-order valence-electron chi connectivity index (χ2n) is 6.37. The molecule has 1 saturated heterocycles. The zero-order valence-corrected chi connectivity index (χ0v) is 13.8. The Kier molecular flexibility index (Phi) is 3.80. The smallest absolute Gasteiger partial charge is 0.224 e. The fourth-order valence-electron chi connectivity index (χ4n) is 3.50. The number of hydrogen-bond donors (Lipinski definition) is 1. The number of aromatic nitrogens is 4. The Balaban J connectivity index is 1.45. The van der Waals surface area contributed by atoms with Gasteiger partial charge in [0, 0.05) is 31.4 Å². The number of amides is 1. The second-order valence-corrected chi connectivity index (χ2v) is 6.37. The summed E-state index contributed by atoms with van der Waals surface area (Å²) < 4.78 is 2.05. The average molecular weight is 323 g/mol. The molecule has 0 aliphatic carbocycles. The molecule has 6 heteroatoms. The van der Waals surface area contributed by atoms with Gasteiger partial charge in [-0.15, -0.1) is 0 Å². The summed E-state index contributed by atoms with van der Waals surface area (Å²) in [5, 5.41) is 0. The third-order valence-electron chi connectivity index (χ3n) is 4.71. The summed E-state index contributed by atoms with van der Waals surface area (Å²) in [5.41, 5.74) is 3.08. The van der Waals surface area contributed by atoms with Crippen molar-refractivity contribution in [1.29, 1.82) is 0 Å². The van der Waals surface area contributed by atoms with E-state index in [-0.39, 0.29) is 11.9 Å². The molecule has 1 N–H and O–H groups in total. The van der Waals surface area contributed by atoms with Crippen molar-refractivity contribution in [3.05, 3.63) is 48.3 Å². The van der Waals surface area contributed by atoms with Crippen molar-refractivity contribution in [2.45, 2.75) is 38.8 Å². The molecule has 6 nitrogen and oxygen atoms in total. The van der Waals surface area contributed by atoms with E-state index in [9.17, 15) is 4.79 Å². The summed E-state index contributed by atoms with van der Waals surface area (Å²) in [6.07, 6.45) is 6.14. The molecular weight excluding hydrogens is 302 g/mol. The van der Waals surface area contributed by atoms with Gasteiger partial charge in [-0.2, -0.15) is 0 Å². The van der Waals surface area contributed by atoms with Crippen LogP contribution in [-0.2, 0) is 11.3 Å². The maximum Gasteiger partial charge on any atom is 0.224 e. The zero-order valence-electron chi connectivity index (χ0n) is 13.8. The Hall–Kier alpha value is -2.63. The molecule has 1 aliphatic rings. The Morgan fingerprint density at radius 1 is 1.33 bits per heavy atom. The Morgan fingerprint density at radius 2 is 2.21 bits per heavy atom. The molecule has 3 aromatic rings. The highest BCUT2D eigenvalue weighted by atomic mass is 16.2. The molecule has 0 saturated carbocycles. The first kappa shape index (κ1) is 14.9. The molecule has 2 aromatic heterocycles. The van der Waals surface area contributed by atoms with Crippen LogP contribution in [0.25, 0.3) is 11.0 Å². The molecule has 3 heterocycles. The highest BCUT2D eigenvalue weighted by Gasteiger charge is 2.31. The second kappa shape index (κ2) is 6.11. The highest BCUT2D eigenvalue weighted by Crippen LogP contribution is 2.30. The van der Waals surface area contributed by atoms with Gasteiger partial charge in [0.1, 0.15) is 5.82 Å². The molecule has 4 rings (SSSR count). The SMILES string of the molecule is Cc1cnc(C2CCCN2C(=O)CCn2cnc3ccccc32)[nH]1. The van der Waals surface area contributed by atoms with E-state index < -0.39 is 0 Å². The number of fused-ring (bicyclic) bond motifs is 1. The van der Waals surface area contributed by atoms with E-state index in [0.29, 0.717) is 13.0 Å². The van der Waals surface area contributed by atoms with Crippen LogP contribution >= 0.6 is 0 Å². The van der Waals surface area contributed by atoms with Crippen LogP contribution in [0.3, 0.4) is 0 Å². The maximum absolute atomic E-state index is 12.7. The minimum absolute atomic E-state index is 0.0886. The number of hydrogen-bond acceptors (Lipinski definition) is 3. The molecule has 0 spiro atoms. The number of carbonyl (C=O) groups is 1. The zero-order chi connectivity index (χ0) is 16.5. The van der Waals surface area contributed by atoms with Crippen LogP contribution in [0.1, 0.15) is 36.8 Å². The van der Waals surface area contributed by atoms with Gasteiger partial charge in [0.05, 0.1) is 23.4 Å². The quantitative estimate of drug-likeness (QED) is 0.803. The molecule has 1 unspecified atom stereocenters. The van der Waals surface area contributed by atoms with Crippen LogP contribution in [0.2, 0.25) is 0 Å². The van der Waals surface area contributed by atoms with E-state index in [1.54, 1.807) is 0 Å². The number of para-hydroxylation sites is 2. The number of carbonyl (C=O) groups excluding carboxylic acids is 1.